The summed E-state index contributed by atoms with van der Waals surface area (Å²) < 4.78 is 36.7. The second-order valence-electron chi connectivity index (χ2n) is 2.75. The third-order valence-corrected chi connectivity index (χ3v) is 3.01. The Labute approximate surface area is 91.2 Å². The molecule has 0 radical (unpaired) electrons. The summed E-state index contributed by atoms with van der Waals surface area (Å²) in [4.78, 5) is 11.1. The Kier molecular flexibility index (Phi) is 6.68. The quantitative estimate of drug-likeness (QED) is 0.593. The van der Waals surface area contributed by atoms with Gasteiger partial charge in [0.15, 0.2) is 0 Å². The van der Waals surface area contributed by atoms with E-state index in [0.29, 0.717) is 17.9 Å². The van der Waals surface area contributed by atoms with E-state index in [-0.39, 0.29) is 6.42 Å². The summed E-state index contributed by atoms with van der Waals surface area (Å²) >= 11 is 4.66. The van der Waals surface area contributed by atoms with Crippen LogP contribution in [-0.2, 0) is 4.79 Å². The van der Waals surface area contributed by atoms with Gasteiger partial charge in [-0.25, -0.2) is 0 Å². The number of carbonyl (C=O) groups excluding carboxylic acids is 1. The number of hydrogen-bond donors (Lipinski definition) is 1. The minimum Gasteiger partial charge on any atom is -0.287 e. The summed E-state index contributed by atoms with van der Waals surface area (Å²) in [6.45, 7) is 1.37. The molecular weight excluding hydrogens is 233 g/mol. The largest absolute Gasteiger partial charge is 0.399 e. The number of carbonyl (C=O) groups is 1. The highest BCUT2D eigenvalue weighted by atomic mass is 32.2. The molecule has 1 atom stereocenters. The van der Waals surface area contributed by atoms with Gasteiger partial charge in [-0.15, -0.1) is 0 Å². The van der Waals surface area contributed by atoms with Crippen LogP contribution >= 0.6 is 24.4 Å². The molecule has 0 spiro atoms. The molecule has 6 heteroatoms. The van der Waals surface area contributed by atoms with E-state index in [9.17, 15) is 18.0 Å². The Balaban J connectivity index is 4.06. The van der Waals surface area contributed by atoms with Crippen LogP contribution in [0.15, 0.2) is 0 Å². The van der Waals surface area contributed by atoms with Crippen molar-refractivity contribution in [1.29, 1.82) is 0 Å². The van der Waals surface area contributed by atoms with Gasteiger partial charge in [-0.2, -0.15) is 25.8 Å². The van der Waals surface area contributed by atoms with E-state index in [1.807, 2.05) is 0 Å². The number of hydrogen-bond acceptors (Lipinski definition) is 3. The minimum absolute atomic E-state index is 0.184. The van der Waals surface area contributed by atoms with Crippen molar-refractivity contribution in [2.24, 2.45) is 5.92 Å². The van der Waals surface area contributed by atoms with Gasteiger partial charge in [0.05, 0.1) is 0 Å². The Hall–Kier alpha value is 0.160. The van der Waals surface area contributed by atoms with Gasteiger partial charge in [-0.3, -0.25) is 4.79 Å². The fraction of sp³-hybridized carbons (Fsp3) is 0.875. The Morgan fingerprint density at radius 1 is 1.50 bits per heavy atom. The van der Waals surface area contributed by atoms with E-state index < -0.39 is 17.2 Å². The molecule has 0 aliphatic carbocycles. The molecule has 1 unspecified atom stereocenters. The van der Waals surface area contributed by atoms with E-state index in [0.717, 1.165) is 11.8 Å². The lowest BCUT2D eigenvalue weighted by molar-refractivity contribution is -0.176. The summed E-state index contributed by atoms with van der Waals surface area (Å²) in [6.07, 6.45) is -3.94. The highest BCUT2D eigenvalue weighted by Crippen LogP contribution is 2.32. The predicted octanol–water partition coefficient (Wildman–Crippen LogP) is 3.15. The van der Waals surface area contributed by atoms with E-state index in [2.05, 4.69) is 12.6 Å². The third kappa shape index (κ3) is 5.14. The van der Waals surface area contributed by atoms with Crippen LogP contribution < -0.4 is 0 Å². The summed E-state index contributed by atoms with van der Waals surface area (Å²) in [6, 6.07) is 0. The van der Waals surface area contributed by atoms with Crippen molar-refractivity contribution in [1.82, 2.24) is 0 Å². The molecule has 84 valence electrons. The average molecular weight is 246 g/mol. The molecule has 0 rings (SSSR count). The molecule has 0 aromatic carbocycles. The summed E-state index contributed by atoms with van der Waals surface area (Å²) in [5.41, 5.74) is 0. The lowest BCUT2D eigenvalue weighted by Crippen LogP contribution is -2.28. The van der Waals surface area contributed by atoms with Gasteiger partial charge in [0.25, 0.3) is 0 Å². The summed E-state index contributed by atoms with van der Waals surface area (Å²) in [7, 11) is 0. The van der Waals surface area contributed by atoms with Crippen molar-refractivity contribution in [3.05, 3.63) is 0 Å². The van der Waals surface area contributed by atoms with Crippen LogP contribution in [0, 0.1) is 5.92 Å². The minimum atomic E-state index is -4.40. The standard InChI is InChI=1S/C8H13F3OS2/c1-2-6(8(9,10)11)7(12)14-5-3-4-13/h6,13H,2-5H2,1H3. The summed E-state index contributed by atoms with van der Waals surface area (Å²) in [5.74, 6) is -0.815. The first-order chi connectivity index (χ1) is 6.43. The van der Waals surface area contributed by atoms with Gasteiger partial charge in [0.2, 0.25) is 5.12 Å². The van der Waals surface area contributed by atoms with Crippen LogP contribution in [0.2, 0.25) is 0 Å². The Morgan fingerprint density at radius 2 is 2.07 bits per heavy atom. The number of halogens is 3. The molecular formula is C8H13F3OS2. The maximum absolute atomic E-state index is 12.2. The first kappa shape index (κ1) is 14.2. The molecule has 0 aromatic rings. The molecule has 0 heterocycles. The van der Waals surface area contributed by atoms with Crippen molar-refractivity contribution < 1.29 is 18.0 Å². The second kappa shape index (κ2) is 6.61. The van der Waals surface area contributed by atoms with Gasteiger partial charge in [0, 0.05) is 5.75 Å². The highest BCUT2D eigenvalue weighted by Gasteiger charge is 2.43. The maximum atomic E-state index is 12.2. The molecule has 0 bridgehead atoms. The van der Waals surface area contributed by atoms with E-state index in [1.54, 1.807) is 0 Å². The summed E-state index contributed by atoms with van der Waals surface area (Å²) in [5, 5.41) is -0.776. The predicted molar refractivity (Wildman–Crippen MR) is 55.8 cm³/mol. The van der Waals surface area contributed by atoms with Gasteiger partial charge in [0.1, 0.15) is 5.92 Å². The maximum Gasteiger partial charge on any atom is 0.399 e. The molecule has 0 aliphatic heterocycles. The smallest absolute Gasteiger partial charge is 0.287 e. The van der Waals surface area contributed by atoms with Crippen molar-refractivity contribution in [2.45, 2.75) is 25.9 Å². The number of thioether (sulfide) groups is 1. The van der Waals surface area contributed by atoms with Gasteiger partial charge in [-0.05, 0) is 18.6 Å². The fourth-order valence-electron chi connectivity index (χ4n) is 0.870. The third-order valence-electron chi connectivity index (χ3n) is 1.63. The van der Waals surface area contributed by atoms with Gasteiger partial charge < -0.3 is 0 Å². The van der Waals surface area contributed by atoms with E-state index >= 15 is 0 Å². The highest BCUT2D eigenvalue weighted by molar-refractivity contribution is 8.13. The molecule has 0 aliphatic rings. The zero-order valence-electron chi connectivity index (χ0n) is 7.80. The van der Waals surface area contributed by atoms with Crippen LogP contribution in [0.4, 0.5) is 13.2 Å². The molecule has 0 saturated carbocycles. The van der Waals surface area contributed by atoms with Crippen molar-refractivity contribution >= 4 is 29.5 Å². The first-order valence-electron chi connectivity index (χ1n) is 4.27. The molecule has 0 N–H and O–H groups in total. The second-order valence-corrected chi connectivity index (χ2v) is 4.29. The molecule has 14 heavy (non-hydrogen) atoms. The SMILES string of the molecule is CCC(C(=O)SCCCS)C(F)(F)F. The molecule has 1 nitrogen and oxygen atoms in total. The van der Waals surface area contributed by atoms with Crippen LogP contribution in [0.25, 0.3) is 0 Å². The topological polar surface area (TPSA) is 17.1 Å². The first-order valence-corrected chi connectivity index (χ1v) is 5.89. The van der Waals surface area contributed by atoms with Crippen LogP contribution in [0.3, 0.4) is 0 Å². The van der Waals surface area contributed by atoms with E-state index in [1.165, 1.54) is 6.92 Å². The zero-order valence-corrected chi connectivity index (χ0v) is 9.51. The van der Waals surface area contributed by atoms with Gasteiger partial charge >= 0.3 is 6.18 Å². The molecule has 0 fully saturated rings. The fourth-order valence-corrected chi connectivity index (χ4v) is 2.23. The van der Waals surface area contributed by atoms with Gasteiger partial charge in [-0.1, -0.05) is 18.7 Å². The van der Waals surface area contributed by atoms with Crippen molar-refractivity contribution in [3.8, 4) is 0 Å². The number of alkyl halides is 3. The monoisotopic (exact) mass is 246 g/mol. The van der Waals surface area contributed by atoms with Crippen LogP contribution in [0.1, 0.15) is 19.8 Å². The van der Waals surface area contributed by atoms with Crippen LogP contribution in [0.5, 0.6) is 0 Å². The average Bonchev–Trinajstić information content (AvgIpc) is 2.03. The number of rotatable bonds is 5. The Morgan fingerprint density at radius 3 is 2.43 bits per heavy atom. The lowest BCUT2D eigenvalue weighted by atomic mass is 10.1. The van der Waals surface area contributed by atoms with Crippen molar-refractivity contribution in [3.63, 3.8) is 0 Å². The zero-order chi connectivity index (χ0) is 11.2. The Bertz CT molecular complexity index is 182. The molecule has 0 saturated heterocycles. The van der Waals surface area contributed by atoms with Crippen LogP contribution in [-0.4, -0.2) is 22.8 Å². The molecule has 0 amide bonds. The van der Waals surface area contributed by atoms with E-state index in [4.69, 9.17) is 0 Å². The lowest BCUT2D eigenvalue weighted by Gasteiger charge is -2.16. The normalized spacial score (nSPS) is 14.1. The number of thiol groups is 1. The molecule has 0 aromatic heterocycles. The van der Waals surface area contributed by atoms with Crippen molar-refractivity contribution in [2.75, 3.05) is 11.5 Å².